The molecule has 294 valence electrons. The second kappa shape index (κ2) is 13.9. The molecule has 13 aromatic rings. The van der Waals surface area contributed by atoms with Gasteiger partial charge >= 0.3 is 0 Å². The van der Waals surface area contributed by atoms with E-state index in [2.05, 4.69) is 155 Å². The van der Waals surface area contributed by atoms with E-state index in [0.717, 1.165) is 99.9 Å². The molecule has 0 aliphatic heterocycles. The summed E-state index contributed by atoms with van der Waals surface area (Å²) in [5.41, 5.74) is 17.1. The lowest BCUT2D eigenvalue weighted by Crippen LogP contribution is -1.96. The van der Waals surface area contributed by atoms with Crippen LogP contribution in [0.4, 0.5) is 0 Å². The molecule has 0 amide bonds. The van der Waals surface area contributed by atoms with E-state index in [1.165, 1.54) is 11.1 Å². The molecule has 0 spiro atoms. The third-order valence-corrected chi connectivity index (χ3v) is 12.2. The number of hydrogen-bond acceptors (Lipinski definition) is 5. The van der Waals surface area contributed by atoms with Gasteiger partial charge in [-0.25, -0.2) is 19.9 Å². The molecule has 0 aliphatic carbocycles. The van der Waals surface area contributed by atoms with Crippen LogP contribution >= 0.6 is 0 Å². The van der Waals surface area contributed by atoms with Gasteiger partial charge in [-0.2, -0.15) is 0 Å². The zero-order valence-corrected chi connectivity index (χ0v) is 33.7. The Kier molecular flexibility index (Phi) is 7.77. The van der Waals surface area contributed by atoms with Gasteiger partial charge in [-0.3, -0.25) is 9.13 Å². The van der Waals surface area contributed by atoms with E-state index in [1.807, 2.05) is 60.9 Å². The average Bonchev–Trinajstić information content (AvgIpc) is 4.01. The van der Waals surface area contributed by atoms with Crippen LogP contribution in [0.5, 0.6) is 0 Å². The highest BCUT2D eigenvalue weighted by atomic mass is 16.3. The molecular weight excluding hydrogens is 773 g/mol. The fraction of sp³-hybridized carbons (Fsp3) is 0. The van der Waals surface area contributed by atoms with Crippen molar-refractivity contribution in [2.45, 2.75) is 0 Å². The Bertz CT molecular complexity index is 3670. The third kappa shape index (κ3) is 5.67. The van der Waals surface area contributed by atoms with Gasteiger partial charge < -0.3 is 4.42 Å². The van der Waals surface area contributed by atoms with Crippen molar-refractivity contribution in [3.63, 3.8) is 0 Å². The second-order valence-corrected chi connectivity index (χ2v) is 15.9. The Morgan fingerprint density at radius 3 is 1.27 bits per heavy atom. The maximum Gasteiger partial charge on any atom is 0.155 e. The fourth-order valence-electron chi connectivity index (χ4n) is 9.28. The second-order valence-electron chi connectivity index (χ2n) is 15.9. The molecule has 0 radical (unpaired) electrons. The maximum atomic E-state index is 6.35. The van der Waals surface area contributed by atoms with Crippen molar-refractivity contribution in [2.24, 2.45) is 0 Å². The zero-order valence-electron chi connectivity index (χ0n) is 33.7. The number of furan rings is 1. The van der Waals surface area contributed by atoms with Crippen molar-refractivity contribution in [3.05, 3.63) is 207 Å². The summed E-state index contributed by atoms with van der Waals surface area (Å²) in [5, 5.41) is 4.45. The van der Waals surface area contributed by atoms with Crippen LogP contribution in [0, 0.1) is 0 Å². The topological polar surface area (TPSA) is 74.6 Å². The molecule has 7 aromatic heterocycles. The zero-order chi connectivity index (χ0) is 41.4. The van der Waals surface area contributed by atoms with E-state index in [1.54, 1.807) is 0 Å². The normalized spacial score (nSPS) is 11.8. The maximum absolute atomic E-state index is 6.35. The van der Waals surface area contributed by atoms with E-state index in [0.29, 0.717) is 11.2 Å². The Morgan fingerprint density at radius 2 is 0.794 bits per heavy atom. The minimum absolute atomic E-state index is 0.690. The smallest absolute Gasteiger partial charge is 0.155 e. The standard InChI is InChI=1S/C56H34N6O/c1-3-11-35(12-4-1)37-15-7-17-41(31-37)61-49-33-39(21-23-43(49)45-19-9-29-57-55(45)61)47-25-27-51-53(59-47)54-52(63-51)28-26-48(60-54)40-22-24-44-46-20-10-30-58-56(46)62(50(44)34-40)42-18-8-16-38(32-42)36-13-5-2-6-14-36/h1-34H. The summed E-state index contributed by atoms with van der Waals surface area (Å²) in [4.78, 5) is 20.3. The van der Waals surface area contributed by atoms with Crippen LogP contribution in [0.2, 0.25) is 0 Å². The largest absolute Gasteiger partial charge is 0.453 e. The lowest BCUT2D eigenvalue weighted by Gasteiger charge is -2.10. The van der Waals surface area contributed by atoms with Crippen molar-refractivity contribution in [3.8, 4) is 56.1 Å². The van der Waals surface area contributed by atoms with Crippen molar-refractivity contribution in [2.75, 3.05) is 0 Å². The summed E-state index contributed by atoms with van der Waals surface area (Å²) in [6.45, 7) is 0. The van der Waals surface area contributed by atoms with Gasteiger partial charge in [0.15, 0.2) is 11.2 Å². The summed E-state index contributed by atoms with van der Waals surface area (Å²) in [7, 11) is 0. The number of benzene rings is 6. The van der Waals surface area contributed by atoms with E-state index in [4.69, 9.17) is 24.4 Å². The van der Waals surface area contributed by atoms with Crippen LogP contribution in [-0.2, 0) is 0 Å². The van der Waals surface area contributed by atoms with Gasteiger partial charge in [-0.15, -0.1) is 0 Å². The molecule has 13 rings (SSSR count). The monoisotopic (exact) mass is 806 g/mol. The van der Waals surface area contributed by atoms with Crippen molar-refractivity contribution in [1.29, 1.82) is 0 Å². The molecule has 0 aliphatic rings. The molecule has 0 saturated carbocycles. The highest BCUT2D eigenvalue weighted by Crippen LogP contribution is 2.38. The SMILES string of the molecule is c1ccc(-c2cccc(-n3c4cc(-c5ccc6oc7ccc(-c8ccc9c%10cccnc%10n(-c%10cccc(-c%11ccccc%11)c%10)c9c8)nc7c6n5)ccc4c4cccnc43)c2)cc1. The van der Waals surface area contributed by atoms with Gasteiger partial charge in [0.25, 0.3) is 0 Å². The molecule has 0 saturated heterocycles. The molecule has 0 fully saturated rings. The summed E-state index contributed by atoms with van der Waals surface area (Å²) < 4.78 is 10.9. The predicted octanol–water partition coefficient (Wildman–Crippen LogP) is 14.0. The lowest BCUT2D eigenvalue weighted by molar-refractivity contribution is 0.667. The predicted molar refractivity (Wildman–Crippen MR) is 255 cm³/mol. The van der Waals surface area contributed by atoms with Crippen LogP contribution < -0.4 is 0 Å². The Morgan fingerprint density at radius 1 is 0.333 bits per heavy atom. The Hall–Kier alpha value is -8.68. The summed E-state index contributed by atoms with van der Waals surface area (Å²) in [6.07, 6.45) is 3.72. The Labute approximate surface area is 360 Å². The molecule has 6 aromatic carbocycles. The van der Waals surface area contributed by atoms with Crippen LogP contribution in [-0.4, -0.2) is 29.1 Å². The van der Waals surface area contributed by atoms with Gasteiger partial charge in [-0.05, 0) is 107 Å². The van der Waals surface area contributed by atoms with Gasteiger partial charge in [0.2, 0.25) is 0 Å². The summed E-state index contributed by atoms with van der Waals surface area (Å²) >= 11 is 0. The van der Waals surface area contributed by atoms with Crippen LogP contribution in [0.15, 0.2) is 211 Å². The number of aromatic nitrogens is 6. The number of rotatable bonds is 6. The van der Waals surface area contributed by atoms with Crippen molar-refractivity contribution >= 4 is 66.1 Å². The van der Waals surface area contributed by atoms with E-state index < -0.39 is 0 Å². The number of pyridine rings is 4. The number of fused-ring (bicyclic) bond motifs is 9. The Balaban J connectivity index is 0.929. The lowest BCUT2D eigenvalue weighted by atomic mass is 10.0. The van der Waals surface area contributed by atoms with E-state index >= 15 is 0 Å². The van der Waals surface area contributed by atoms with E-state index in [9.17, 15) is 0 Å². The van der Waals surface area contributed by atoms with Crippen molar-refractivity contribution in [1.82, 2.24) is 29.1 Å². The van der Waals surface area contributed by atoms with Gasteiger partial charge in [-0.1, -0.05) is 109 Å². The molecule has 7 heteroatoms. The van der Waals surface area contributed by atoms with Gasteiger partial charge in [0.05, 0.1) is 22.4 Å². The number of nitrogens with zero attached hydrogens (tertiary/aromatic N) is 6. The molecular formula is C56H34N6O. The molecule has 0 unspecified atom stereocenters. The van der Waals surface area contributed by atoms with Crippen LogP contribution in [0.3, 0.4) is 0 Å². The molecule has 0 N–H and O–H groups in total. The first-order valence-corrected chi connectivity index (χ1v) is 21.0. The first kappa shape index (κ1) is 35.1. The highest BCUT2D eigenvalue weighted by molar-refractivity contribution is 6.10. The summed E-state index contributed by atoms with van der Waals surface area (Å²) in [5.74, 6) is 0. The highest BCUT2D eigenvalue weighted by Gasteiger charge is 2.19. The molecule has 7 heterocycles. The quantitative estimate of drug-likeness (QED) is 0.167. The molecule has 63 heavy (non-hydrogen) atoms. The number of hydrogen-bond donors (Lipinski definition) is 0. The minimum Gasteiger partial charge on any atom is -0.453 e. The first-order valence-electron chi connectivity index (χ1n) is 21.0. The van der Waals surface area contributed by atoms with Crippen molar-refractivity contribution < 1.29 is 4.42 Å². The minimum atomic E-state index is 0.690. The third-order valence-electron chi connectivity index (χ3n) is 12.2. The molecule has 0 atom stereocenters. The van der Waals surface area contributed by atoms with Gasteiger partial charge in [0.1, 0.15) is 22.3 Å². The molecule has 0 bridgehead atoms. The van der Waals surface area contributed by atoms with Crippen LogP contribution in [0.1, 0.15) is 0 Å². The summed E-state index contributed by atoms with van der Waals surface area (Å²) in [6, 6.07) is 67.7. The fourth-order valence-corrected chi connectivity index (χ4v) is 9.28. The molecule has 7 nitrogen and oxygen atoms in total. The van der Waals surface area contributed by atoms with E-state index in [-0.39, 0.29) is 0 Å². The van der Waals surface area contributed by atoms with Gasteiger partial charge in [0, 0.05) is 56.4 Å². The first-order chi connectivity index (χ1) is 31.2. The average molecular weight is 807 g/mol. The van der Waals surface area contributed by atoms with Crippen LogP contribution in [0.25, 0.3) is 122 Å².